The molecule has 0 spiro atoms. The molecule has 0 N–H and O–H groups in total. The summed E-state index contributed by atoms with van der Waals surface area (Å²) < 4.78 is 46.9. The summed E-state index contributed by atoms with van der Waals surface area (Å²) in [4.78, 5) is 20.7. The number of morpholine rings is 1. The molecule has 2 fully saturated rings. The number of carbonyl (C=O) groups excluding carboxylic acids is 1. The Balaban J connectivity index is 1.46. The maximum Gasteiger partial charge on any atom is 0.422 e. The van der Waals surface area contributed by atoms with Crippen molar-refractivity contribution in [2.45, 2.75) is 45.1 Å². The summed E-state index contributed by atoms with van der Waals surface area (Å²) >= 11 is 0. The van der Waals surface area contributed by atoms with Crippen molar-refractivity contribution in [2.24, 2.45) is 5.92 Å². The molecule has 0 aliphatic carbocycles. The second-order valence-electron chi connectivity index (χ2n) is 8.00. The summed E-state index contributed by atoms with van der Waals surface area (Å²) in [5.74, 6) is 0.256. The van der Waals surface area contributed by atoms with Gasteiger partial charge >= 0.3 is 6.18 Å². The second kappa shape index (κ2) is 9.30. The van der Waals surface area contributed by atoms with E-state index in [0.717, 1.165) is 32.5 Å². The SMILES string of the molecule is CC1CN(CC2CCN(C(=O)c3ccc(OCC(F)(F)F)nc3)CC2)CC(C)O1. The zero-order chi connectivity index (χ0) is 21.0. The van der Waals surface area contributed by atoms with Crippen LogP contribution in [0.4, 0.5) is 13.2 Å². The normalized spacial score (nSPS) is 24.5. The van der Waals surface area contributed by atoms with Gasteiger partial charge < -0.3 is 14.4 Å². The molecular weight excluding hydrogens is 387 g/mol. The average Bonchev–Trinajstić information content (AvgIpc) is 2.65. The van der Waals surface area contributed by atoms with Crippen LogP contribution in [0.3, 0.4) is 0 Å². The van der Waals surface area contributed by atoms with Gasteiger partial charge in [-0.3, -0.25) is 9.69 Å². The van der Waals surface area contributed by atoms with Gasteiger partial charge in [0.25, 0.3) is 5.91 Å². The molecule has 2 aliphatic heterocycles. The quantitative estimate of drug-likeness (QED) is 0.740. The summed E-state index contributed by atoms with van der Waals surface area (Å²) in [6, 6.07) is 2.76. The van der Waals surface area contributed by atoms with Crippen LogP contribution < -0.4 is 4.74 Å². The van der Waals surface area contributed by atoms with E-state index in [2.05, 4.69) is 28.5 Å². The molecule has 29 heavy (non-hydrogen) atoms. The van der Waals surface area contributed by atoms with Gasteiger partial charge in [-0.05, 0) is 38.7 Å². The monoisotopic (exact) mass is 415 g/mol. The van der Waals surface area contributed by atoms with Crippen molar-refractivity contribution in [2.75, 3.05) is 39.3 Å². The molecule has 2 unspecified atom stereocenters. The molecule has 162 valence electrons. The van der Waals surface area contributed by atoms with E-state index in [4.69, 9.17) is 4.74 Å². The largest absolute Gasteiger partial charge is 0.468 e. The minimum Gasteiger partial charge on any atom is -0.468 e. The van der Waals surface area contributed by atoms with E-state index in [9.17, 15) is 18.0 Å². The number of nitrogens with zero attached hydrogens (tertiary/aromatic N) is 3. The summed E-state index contributed by atoms with van der Waals surface area (Å²) in [5.41, 5.74) is 0.360. The third kappa shape index (κ3) is 6.57. The van der Waals surface area contributed by atoms with Crippen LogP contribution in [0.15, 0.2) is 18.3 Å². The second-order valence-corrected chi connectivity index (χ2v) is 8.00. The fraction of sp³-hybridized carbons (Fsp3) is 0.700. The highest BCUT2D eigenvalue weighted by Crippen LogP contribution is 2.23. The molecule has 0 radical (unpaired) electrons. The first-order chi connectivity index (χ1) is 13.7. The van der Waals surface area contributed by atoms with Gasteiger partial charge in [0.1, 0.15) is 0 Å². The number of rotatable bonds is 5. The Hall–Kier alpha value is -1.87. The molecule has 2 aliphatic rings. The summed E-state index contributed by atoms with van der Waals surface area (Å²) in [7, 11) is 0. The summed E-state index contributed by atoms with van der Waals surface area (Å²) in [6.07, 6.45) is -0.779. The van der Waals surface area contributed by atoms with Crippen molar-refractivity contribution in [3.63, 3.8) is 0 Å². The van der Waals surface area contributed by atoms with Crippen LogP contribution in [0.5, 0.6) is 5.88 Å². The van der Waals surface area contributed by atoms with E-state index in [0.29, 0.717) is 24.6 Å². The van der Waals surface area contributed by atoms with Gasteiger partial charge in [-0.2, -0.15) is 13.2 Å². The molecule has 0 aromatic carbocycles. The third-order valence-electron chi connectivity index (χ3n) is 5.28. The molecule has 0 saturated carbocycles. The van der Waals surface area contributed by atoms with Gasteiger partial charge in [0.05, 0.1) is 17.8 Å². The van der Waals surface area contributed by atoms with Crippen molar-refractivity contribution in [3.8, 4) is 5.88 Å². The maximum atomic E-state index is 12.6. The van der Waals surface area contributed by atoms with Gasteiger partial charge in [-0.25, -0.2) is 4.98 Å². The Morgan fingerprint density at radius 2 is 1.86 bits per heavy atom. The molecule has 3 rings (SSSR count). The van der Waals surface area contributed by atoms with Crippen LogP contribution in [0.25, 0.3) is 0 Å². The molecule has 3 heterocycles. The van der Waals surface area contributed by atoms with Crippen LogP contribution in [-0.4, -0.2) is 78.4 Å². The van der Waals surface area contributed by atoms with E-state index in [1.807, 2.05) is 0 Å². The van der Waals surface area contributed by atoms with E-state index >= 15 is 0 Å². The molecule has 1 amide bonds. The van der Waals surface area contributed by atoms with Crippen molar-refractivity contribution in [3.05, 3.63) is 23.9 Å². The molecule has 1 aromatic heterocycles. The predicted octanol–water partition coefficient (Wildman–Crippen LogP) is 2.98. The zero-order valence-corrected chi connectivity index (χ0v) is 16.8. The molecule has 2 saturated heterocycles. The number of alkyl halides is 3. The number of ether oxygens (including phenoxy) is 2. The Kier molecular flexibility index (Phi) is 7.00. The number of pyridine rings is 1. The van der Waals surface area contributed by atoms with Gasteiger partial charge in [0.2, 0.25) is 5.88 Å². The van der Waals surface area contributed by atoms with Crippen LogP contribution in [0, 0.1) is 5.92 Å². The number of aromatic nitrogens is 1. The van der Waals surface area contributed by atoms with Gasteiger partial charge in [0.15, 0.2) is 6.61 Å². The minimum absolute atomic E-state index is 0.146. The number of likely N-dealkylation sites (tertiary alicyclic amines) is 1. The highest BCUT2D eigenvalue weighted by Gasteiger charge is 2.30. The lowest BCUT2D eigenvalue weighted by Crippen LogP contribution is -2.48. The lowest BCUT2D eigenvalue weighted by molar-refractivity contribution is -0.154. The molecular formula is C20H28F3N3O3. The van der Waals surface area contributed by atoms with Crippen LogP contribution in [-0.2, 0) is 4.74 Å². The number of halogens is 3. The van der Waals surface area contributed by atoms with Crippen LogP contribution >= 0.6 is 0 Å². The Labute approximate surface area is 169 Å². The van der Waals surface area contributed by atoms with E-state index in [1.165, 1.54) is 18.3 Å². The fourth-order valence-electron chi connectivity index (χ4n) is 4.05. The van der Waals surface area contributed by atoms with Gasteiger partial charge in [-0.15, -0.1) is 0 Å². The minimum atomic E-state index is -4.42. The zero-order valence-electron chi connectivity index (χ0n) is 16.8. The first kappa shape index (κ1) is 21.8. The number of piperidine rings is 1. The highest BCUT2D eigenvalue weighted by atomic mass is 19.4. The maximum absolute atomic E-state index is 12.6. The molecule has 6 nitrogen and oxygen atoms in total. The lowest BCUT2D eigenvalue weighted by Gasteiger charge is -2.39. The van der Waals surface area contributed by atoms with E-state index < -0.39 is 12.8 Å². The first-order valence-corrected chi connectivity index (χ1v) is 10.0. The van der Waals surface area contributed by atoms with E-state index in [1.54, 1.807) is 4.90 Å². The van der Waals surface area contributed by atoms with Crippen molar-refractivity contribution in [1.82, 2.24) is 14.8 Å². The van der Waals surface area contributed by atoms with Crippen molar-refractivity contribution >= 4 is 5.91 Å². The standard InChI is InChI=1S/C20H28F3N3O3/c1-14-10-25(11-15(2)29-14)12-16-5-7-26(8-6-16)19(27)17-3-4-18(24-9-17)28-13-20(21,22)23/h3-4,9,14-16H,5-8,10-13H2,1-2H3. The molecule has 2 atom stereocenters. The smallest absolute Gasteiger partial charge is 0.422 e. The predicted molar refractivity (Wildman–Crippen MR) is 101 cm³/mol. The van der Waals surface area contributed by atoms with Gasteiger partial charge in [0, 0.05) is 45.0 Å². The van der Waals surface area contributed by atoms with E-state index in [-0.39, 0.29) is 24.0 Å². The number of amides is 1. The van der Waals surface area contributed by atoms with Crippen molar-refractivity contribution < 1.29 is 27.4 Å². The topological polar surface area (TPSA) is 54.9 Å². The average molecular weight is 415 g/mol. The van der Waals surface area contributed by atoms with Gasteiger partial charge in [-0.1, -0.05) is 0 Å². The number of carbonyl (C=O) groups is 1. The third-order valence-corrected chi connectivity index (χ3v) is 5.28. The molecule has 9 heteroatoms. The van der Waals surface area contributed by atoms with Crippen LogP contribution in [0.1, 0.15) is 37.0 Å². The molecule has 0 bridgehead atoms. The Morgan fingerprint density at radius 1 is 1.21 bits per heavy atom. The van der Waals surface area contributed by atoms with Crippen LogP contribution in [0.2, 0.25) is 0 Å². The Morgan fingerprint density at radius 3 is 2.41 bits per heavy atom. The molecule has 1 aromatic rings. The van der Waals surface area contributed by atoms with Crippen molar-refractivity contribution in [1.29, 1.82) is 0 Å². The summed E-state index contributed by atoms with van der Waals surface area (Å²) in [6.45, 7) is 7.04. The lowest BCUT2D eigenvalue weighted by atomic mass is 9.95. The highest BCUT2D eigenvalue weighted by molar-refractivity contribution is 5.94. The number of hydrogen-bond donors (Lipinski definition) is 0. The fourth-order valence-corrected chi connectivity index (χ4v) is 4.05. The first-order valence-electron chi connectivity index (χ1n) is 10.0. The Bertz CT molecular complexity index is 666. The summed E-state index contributed by atoms with van der Waals surface area (Å²) in [5, 5.41) is 0. The number of hydrogen-bond acceptors (Lipinski definition) is 5.